The van der Waals surface area contributed by atoms with Gasteiger partial charge in [0, 0.05) is 21.7 Å². The first-order valence-electron chi connectivity index (χ1n) is 4.28. The molecule has 0 radical (unpaired) electrons. The van der Waals surface area contributed by atoms with Crippen molar-refractivity contribution in [2.45, 2.75) is 32.3 Å². The Balaban J connectivity index is -0.0000000205. The van der Waals surface area contributed by atoms with Crippen molar-refractivity contribution in [3.05, 3.63) is 74.1 Å². The van der Waals surface area contributed by atoms with Gasteiger partial charge in [0.05, 0.1) is 6.10 Å². The smallest absolute Gasteiger partial charge is 0.0515 e. The Morgan fingerprint density at radius 1 is 1.28 bits per heavy atom. The number of allylic oxidation sites excluding steroid dienone is 5. The Morgan fingerprint density at radius 3 is 1.89 bits per heavy atom. The summed E-state index contributed by atoms with van der Waals surface area (Å²) in [4.78, 5) is 0. The van der Waals surface area contributed by atoms with Crippen LogP contribution in [0.5, 0.6) is 0 Å². The molecule has 112 valence electrons. The summed E-state index contributed by atoms with van der Waals surface area (Å²) in [5.74, 6) is 0. The van der Waals surface area contributed by atoms with Gasteiger partial charge in [0.1, 0.15) is 0 Å². The molecule has 1 aliphatic carbocycles. The fraction of sp³-hybridized carbons (Fsp3) is 0.312. The van der Waals surface area contributed by atoms with E-state index in [1.807, 2.05) is 18.2 Å². The van der Waals surface area contributed by atoms with E-state index in [4.69, 9.17) is 5.11 Å². The molecule has 1 rings (SSSR count). The predicted octanol–water partition coefficient (Wildman–Crippen LogP) is 4.89. The molecule has 1 aliphatic rings. The monoisotopic (exact) mass is 288 g/mol. The average Bonchev–Trinajstić information content (AvgIpc) is 2.57. The summed E-state index contributed by atoms with van der Waals surface area (Å²) in [6.45, 7) is 5.30. The standard InChI is InChI=1S/C6H12O.C5H5.5CH3.Ti/c1-3-4-5-6(2)7;1-2-4-5-3-1;;;;;;/h3,6-7H,1,4-5H2,2H3;1-3H,4H2;5*1H3;/q;6*-1;. The van der Waals surface area contributed by atoms with Crippen LogP contribution in [0, 0.1) is 43.2 Å². The van der Waals surface area contributed by atoms with Gasteiger partial charge in [0.25, 0.3) is 0 Å². The van der Waals surface area contributed by atoms with Crippen LogP contribution in [0.3, 0.4) is 0 Å². The average molecular weight is 288 g/mol. The SMILES string of the molecule is C=CCCC(C)O.[C-]1=CC=CC1.[CH3-].[CH3-].[CH3-].[CH3-].[CH3-].[Ti]. The Morgan fingerprint density at radius 2 is 1.78 bits per heavy atom. The van der Waals surface area contributed by atoms with Crippen molar-refractivity contribution in [2.75, 3.05) is 0 Å². The summed E-state index contributed by atoms with van der Waals surface area (Å²) in [7, 11) is 0. The predicted molar refractivity (Wildman–Crippen MR) is 84.8 cm³/mol. The molecule has 0 aromatic carbocycles. The number of aliphatic hydroxyl groups is 1. The van der Waals surface area contributed by atoms with Crippen LogP contribution in [-0.2, 0) is 21.7 Å². The van der Waals surface area contributed by atoms with E-state index in [2.05, 4.69) is 18.7 Å². The zero-order valence-corrected chi connectivity index (χ0v) is 14.7. The number of hydrogen-bond acceptors (Lipinski definition) is 1. The molecule has 0 aromatic heterocycles. The van der Waals surface area contributed by atoms with E-state index in [0.29, 0.717) is 0 Å². The molecule has 1 unspecified atom stereocenters. The van der Waals surface area contributed by atoms with Gasteiger partial charge in [0.15, 0.2) is 0 Å². The van der Waals surface area contributed by atoms with E-state index in [-0.39, 0.29) is 65.0 Å². The molecule has 1 N–H and O–H groups in total. The Kier molecular flexibility index (Phi) is 86.0. The van der Waals surface area contributed by atoms with Crippen LogP contribution in [0.2, 0.25) is 0 Å². The molecule has 0 amide bonds. The van der Waals surface area contributed by atoms with E-state index < -0.39 is 0 Å². The minimum absolute atomic E-state index is 0. The Bertz CT molecular complexity index is 150. The van der Waals surface area contributed by atoms with E-state index in [0.717, 1.165) is 19.3 Å². The van der Waals surface area contributed by atoms with Gasteiger partial charge in [-0.1, -0.05) is 6.08 Å². The van der Waals surface area contributed by atoms with Gasteiger partial charge in [-0.3, -0.25) is 6.08 Å². The fourth-order valence-electron chi connectivity index (χ4n) is 0.699. The number of hydrogen-bond donors (Lipinski definition) is 1. The molecule has 0 bridgehead atoms. The van der Waals surface area contributed by atoms with Crippen LogP contribution in [0.15, 0.2) is 30.9 Å². The summed E-state index contributed by atoms with van der Waals surface area (Å²) >= 11 is 0. The summed E-state index contributed by atoms with van der Waals surface area (Å²) in [5.41, 5.74) is 0. The van der Waals surface area contributed by atoms with Crippen molar-refractivity contribution >= 4 is 0 Å². The molecular formula is C16H32OTi-6. The van der Waals surface area contributed by atoms with E-state index >= 15 is 0 Å². The zero-order chi connectivity index (χ0) is 9.23. The molecule has 0 aliphatic heterocycles. The maximum Gasteiger partial charge on any atom is 0.0515 e. The van der Waals surface area contributed by atoms with Crippen molar-refractivity contribution in [1.82, 2.24) is 0 Å². The number of rotatable bonds is 3. The topological polar surface area (TPSA) is 20.2 Å². The summed E-state index contributed by atoms with van der Waals surface area (Å²) in [6, 6.07) is 0. The number of aliphatic hydroxyl groups excluding tert-OH is 1. The first kappa shape index (κ1) is 43.0. The minimum atomic E-state index is -0.169. The van der Waals surface area contributed by atoms with Crippen LogP contribution in [0.4, 0.5) is 0 Å². The van der Waals surface area contributed by atoms with Crippen molar-refractivity contribution in [3.63, 3.8) is 0 Å². The molecule has 0 saturated carbocycles. The fourth-order valence-corrected chi connectivity index (χ4v) is 0.699. The molecule has 2 heteroatoms. The minimum Gasteiger partial charge on any atom is -0.393 e. The van der Waals surface area contributed by atoms with Crippen LogP contribution in [-0.4, -0.2) is 11.2 Å². The van der Waals surface area contributed by atoms with Crippen LogP contribution >= 0.6 is 0 Å². The molecule has 0 fully saturated rings. The normalized spacial score (nSPS) is 10.1. The van der Waals surface area contributed by atoms with Gasteiger partial charge in [-0.05, 0) is 19.8 Å². The molecule has 18 heavy (non-hydrogen) atoms. The zero-order valence-electron chi connectivity index (χ0n) is 13.2. The van der Waals surface area contributed by atoms with Crippen LogP contribution in [0.25, 0.3) is 0 Å². The van der Waals surface area contributed by atoms with Crippen LogP contribution < -0.4 is 0 Å². The maximum absolute atomic E-state index is 8.64. The molecule has 0 saturated heterocycles. The first-order chi connectivity index (χ1) is 5.77. The molecule has 1 atom stereocenters. The maximum atomic E-state index is 8.64. The second-order valence-electron chi connectivity index (χ2n) is 2.72. The third-order valence-electron chi connectivity index (χ3n) is 1.37. The summed E-state index contributed by atoms with van der Waals surface area (Å²) < 4.78 is 0. The van der Waals surface area contributed by atoms with Gasteiger partial charge in [-0.2, -0.15) is 6.08 Å². The van der Waals surface area contributed by atoms with Gasteiger partial charge >= 0.3 is 0 Å². The molecular weight excluding hydrogens is 256 g/mol. The molecule has 0 spiro atoms. The van der Waals surface area contributed by atoms with Crippen molar-refractivity contribution in [1.29, 1.82) is 0 Å². The van der Waals surface area contributed by atoms with E-state index in [9.17, 15) is 0 Å². The summed E-state index contributed by atoms with van der Waals surface area (Å²) in [6.07, 6.45) is 13.4. The molecule has 0 heterocycles. The summed E-state index contributed by atoms with van der Waals surface area (Å²) in [5, 5.41) is 8.64. The third-order valence-corrected chi connectivity index (χ3v) is 1.37. The van der Waals surface area contributed by atoms with Crippen LogP contribution in [0.1, 0.15) is 26.2 Å². The Hall–Kier alpha value is -0.106. The molecule has 1 nitrogen and oxygen atoms in total. The quantitative estimate of drug-likeness (QED) is 0.445. The van der Waals surface area contributed by atoms with E-state index in [1.165, 1.54) is 0 Å². The largest absolute Gasteiger partial charge is 0.393 e. The van der Waals surface area contributed by atoms with Crippen molar-refractivity contribution in [2.24, 2.45) is 0 Å². The van der Waals surface area contributed by atoms with Gasteiger partial charge in [-0.25, -0.2) is 12.2 Å². The molecule has 0 aromatic rings. The van der Waals surface area contributed by atoms with Gasteiger partial charge in [0.2, 0.25) is 0 Å². The second kappa shape index (κ2) is 36.0. The van der Waals surface area contributed by atoms with Crippen molar-refractivity contribution < 1.29 is 26.8 Å². The van der Waals surface area contributed by atoms with Gasteiger partial charge < -0.3 is 42.2 Å². The van der Waals surface area contributed by atoms with Gasteiger partial charge in [-0.15, -0.1) is 13.0 Å². The third kappa shape index (κ3) is 44.6. The second-order valence-corrected chi connectivity index (χ2v) is 2.72. The Labute approximate surface area is 133 Å². The van der Waals surface area contributed by atoms with E-state index in [1.54, 1.807) is 6.92 Å². The first-order valence-corrected chi connectivity index (χ1v) is 4.28. The van der Waals surface area contributed by atoms with Crippen molar-refractivity contribution in [3.8, 4) is 0 Å².